The van der Waals surface area contributed by atoms with E-state index in [0.717, 1.165) is 17.8 Å². The third-order valence-electron chi connectivity index (χ3n) is 3.06. The van der Waals surface area contributed by atoms with E-state index >= 15 is 0 Å². The summed E-state index contributed by atoms with van der Waals surface area (Å²) >= 11 is 6.02. The standard InChI is InChI=1S/C17H19ClN2O/c1-2-6-17(21)20-16-11-14(18)9-10-15(16)19-12-13-7-4-3-5-8-13/h3-5,7-11,19H,2,6,12H2,1H3,(H,20,21). The molecule has 0 saturated heterocycles. The third kappa shape index (κ3) is 4.80. The number of halogens is 1. The van der Waals surface area contributed by atoms with Crippen LogP contribution in [0.15, 0.2) is 48.5 Å². The van der Waals surface area contributed by atoms with Crippen molar-refractivity contribution in [3.8, 4) is 0 Å². The van der Waals surface area contributed by atoms with E-state index in [-0.39, 0.29) is 5.91 Å². The topological polar surface area (TPSA) is 41.1 Å². The zero-order chi connectivity index (χ0) is 15.1. The van der Waals surface area contributed by atoms with Crippen molar-refractivity contribution in [2.24, 2.45) is 0 Å². The molecule has 2 aromatic rings. The van der Waals surface area contributed by atoms with Gasteiger partial charge in [-0.05, 0) is 30.2 Å². The first kappa shape index (κ1) is 15.4. The fourth-order valence-corrected chi connectivity index (χ4v) is 2.18. The summed E-state index contributed by atoms with van der Waals surface area (Å²) < 4.78 is 0. The molecular formula is C17H19ClN2O. The Labute approximate surface area is 130 Å². The van der Waals surface area contributed by atoms with E-state index in [1.165, 1.54) is 5.56 Å². The highest BCUT2D eigenvalue weighted by Crippen LogP contribution is 2.26. The molecule has 1 amide bonds. The van der Waals surface area contributed by atoms with E-state index in [9.17, 15) is 4.79 Å². The number of benzene rings is 2. The van der Waals surface area contributed by atoms with Gasteiger partial charge in [-0.3, -0.25) is 4.79 Å². The summed E-state index contributed by atoms with van der Waals surface area (Å²) in [6.07, 6.45) is 1.32. The van der Waals surface area contributed by atoms with Gasteiger partial charge in [0, 0.05) is 18.0 Å². The monoisotopic (exact) mass is 302 g/mol. The Hall–Kier alpha value is -2.00. The molecule has 0 bridgehead atoms. The lowest BCUT2D eigenvalue weighted by Gasteiger charge is -2.13. The van der Waals surface area contributed by atoms with Crippen LogP contribution < -0.4 is 10.6 Å². The van der Waals surface area contributed by atoms with Crippen LogP contribution >= 0.6 is 11.6 Å². The summed E-state index contributed by atoms with van der Waals surface area (Å²) in [7, 11) is 0. The molecule has 2 N–H and O–H groups in total. The normalized spacial score (nSPS) is 10.2. The molecule has 2 aromatic carbocycles. The van der Waals surface area contributed by atoms with Gasteiger partial charge in [-0.2, -0.15) is 0 Å². The number of nitrogens with one attached hydrogen (secondary N) is 2. The van der Waals surface area contributed by atoms with Crippen molar-refractivity contribution in [2.75, 3.05) is 10.6 Å². The number of hydrogen-bond donors (Lipinski definition) is 2. The first-order valence-corrected chi connectivity index (χ1v) is 7.44. The minimum absolute atomic E-state index is 0.00234. The highest BCUT2D eigenvalue weighted by atomic mass is 35.5. The Kier molecular flexibility index (Phi) is 5.64. The summed E-state index contributed by atoms with van der Waals surface area (Å²) in [5.74, 6) is 0.00234. The average molecular weight is 303 g/mol. The Balaban J connectivity index is 2.09. The molecule has 21 heavy (non-hydrogen) atoms. The van der Waals surface area contributed by atoms with Gasteiger partial charge < -0.3 is 10.6 Å². The van der Waals surface area contributed by atoms with Crippen molar-refractivity contribution < 1.29 is 4.79 Å². The second-order valence-corrected chi connectivity index (χ2v) is 5.26. The predicted octanol–water partition coefficient (Wildman–Crippen LogP) is 4.69. The lowest BCUT2D eigenvalue weighted by molar-refractivity contribution is -0.116. The number of anilines is 2. The third-order valence-corrected chi connectivity index (χ3v) is 3.29. The summed E-state index contributed by atoms with van der Waals surface area (Å²) in [6.45, 7) is 2.67. The predicted molar refractivity (Wildman–Crippen MR) is 88.8 cm³/mol. The van der Waals surface area contributed by atoms with Gasteiger partial charge >= 0.3 is 0 Å². The Bertz CT molecular complexity index is 599. The van der Waals surface area contributed by atoms with E-state index in [0.29, 0.717) is 18.0 Å². The maximum atomic E-state index is 11.8. The molecule has 0 atom stereocenters. The Morgan fingerprint density at radius 3 is 2.57 bits per heavy atom. The van der Waals surface area contributed by atoms with Crippen LogP contribution in [0.3, 0.4) is 0 Å². The van der Waals surface area contributed by atoms with Crippen LogP contribution in [0.4, 0.5) is 11.4 Å². The number of rotatable bonds is 6. The van der Waals surface area contributed by atoms with Crippen molar-refractivity contribution in [3.63, 3.8) is 0 Å². The number of carbonyl (C=O) groups excluding carboxylic acids is 1. The van der Waals surface area contributed by atoms with Gasteiger partial charge in [0.1, 0.15) is 0 Å². The van der Waals surface area contributed by atoms with Gasteiger partial charge in [-0.25, -0.2) is 0 Å². The Morgan fingerprint density at radius 1 is 1.10 bits per heavy atom. The van der Waals surface area contributed by atoms with E-state index in [2.05, 4.69) is 22.8 Å². The van der Waals surface area contributed by atoms with Crippen LogP contribution in [0, 0.1) is 0 Å². The van der Waals surface area contributed by atoms with Gasteiger partial charge in [0.05, 0.1) is 11.4 Å². The first-order valence-electron chi connectivity index (χ1n) is 7.06. The van der Waals surface area contributed by atoms with Gasteiger partial charge in [0.25, 0.3) is 0 Å². The van der Waals surface area contributed by atoms with E-state index in [1.807, 2.05) is 37.3 Å². The SMILES string of the molecule is CCCC(=O)Nc1cc(Cl)ccc1NCc1ccccc1. The molecule has 0 fully saturated rings. The quantitative estimate of drug-likeness (QED) is 0.812. The second-order valence-electron chi connectivity index (χ2n) is 4.83. The fourth-order valence-electron chi connectivity index (χ4n) is 2.01. The molecule has 0 saturated carbocycles. The van der Waals surface area contributed by atoms with Gasteiger partial charge in [-0.15, -0.1) is 0 Å². The van der Waals surface area contributed by atoms with Crippen LogP contribution in [0.5, 0.6) is 0 Å². The van der Waals surface area contributed by atoms with Crippen LogP contribution in [0.2, 0.25) is 5.02 Å². The minimum Gasteiger partial charge on any atom is -0.379 e. The summed E-state index contributed by atoms with van der Waals surface area (Å²) in [5, 5.41) is 6.84. The van der Waals surface area contributed by atoms with Crippen LogP contribution in [-0.4, -0.2) is 5.91 Å². The van der Waals surface area contributed by atoms with Crippen molar-refractivity contribution >= 4 is 28.9 Å². The summed E-state index contributed by atoms with van der Waals surface area (Å²) in [6, 6.07) is 15.6. The van der Waals surface area contributed by atoms with Crippen molar-refractivity contribution in [1.82, 2.24) is 0 Å². The minimum atomic E-state index is 0.00234. The molecule has 0 radical (unpaired) electrons. The van der Waals surface area contributed by atoms with Gasteiger partial charge in [0.15, 0.2) is 0 Å². The molecule has 110 valence electrons. The van der Waals surface area contributed by atoms with Crippen molar-refractivity contribution in [3.05, 3.63) is 59.1 Å². The lowest BCUT2D eigenvalue weighted by atomic mass is 10.2. The van der Waals surface area contributed by atoms with Gasteiger partial charge in [-0.1, -0.05) is 48.9 Å². The molecule has 0 heterocycles. The molecule has 0 aliphatic heterocycles. The molecule has 2 rings (SSSR count). The maximum absolute atomic E-state index is 11.8. The largest absolute Gasteiger partial charge is 0.379 e. The highest BCUT2D eigenvalue weighted by Gasteiger charge is 2.07. The average Bonchev–Trinajstić information content (AvgIpc) is 2.48. The lowest BCUT2D eigenvalue weighted by Crippen LogP contribution is -2.12. The van der Waals surface area contributed by atoms with Crippen LogP contribution in [0.25, 0.3) is 0 Å². The molecule has 4 heteroatoms. The molecule has 0 unspecified atom stereocenters. The van der Waals surface area contributed by atoms with Gasteiger partial charge in [0.2, 0.25) is 5.91 Å². The molecule has 0 aromatic heterocycles. The molecule has 0 aliphatic carbocycles. The smallest absolute Gasteiger partial charge is 0.224 e. The Morgan fingerprint density at radius 2 is 1.86 bits per heavy atom. The van der Waals surface area contributed by atoms with Crippen LogP contribution in [-0.2, 0) is 11.3 Å². The van der Waals surface area contributed by atoms with Crippen LogP contribution in [0.1, 0.15) is 25.3 Å². The molecular weight excluding hydrogens is 284 g/mol. The van der Waals surface area contributed by atoms with E-state index in [1.54, 1.807) is 6.07 Å². The van der Waals surface area contributed by atoms with E-state index < -0.39 is 0 Å². The van der Waals surface area contributed by atoms with Crippen molar-refractivity contribution in [2.45, 2.75) is 26.3 Å². The first-order chi connectivity index (χ1) is 10.2. The zero-order valence-corrected chi connectivity index (χ0v) is 12.8. The fraction of sp³-hybridized carbons (Fsp3) is 0.235. The zero-order valence-electron chi connectivity index (χ0n) is 12.0. The highest BCUT2D eigenvalue weighted by molar-refractivity contribution is 6.31. The maximum Gasteiger partial charge on any atom is 0.224 e. The van der Waals surface area contributed by atoms with E-state index in [4.69, 9.17) is 11.6 Å². The molecule has 0 aliphatic rings. The number of amides is 1. The second kappa shape index (κ2) is 7.70. The summed E-state index contributed by atoms with van der Waals surface area (Å²) in [5.41, 5.74) is 2.77. The number of carbonyl (C=O) groups is 1. The molecule has 3 nitrogen and oxygen atoms in total. The number of hydrogen-bond acceptors (Lipinski definition) is 2. The molecule has 0 spiro atoms. The summed E-state index contributed by atoms with van der Waals surface area (Å²) in [4.78, 5) is 11.8. The van der Waals surface area contributed by atoms with Crippen molar-refractivity contribution in [1.29, 1.82) is 0 Å².